The Morgan fingerprint density at radius 3 is 0.979 bits per heavy atom. The van der Waals surface area contributed by atoms with Crippen LogP contribution in [0.5, 0.6) is 23.0 Å². The van der Waals surface area contributed by atoms with Crippen molar-refractivity contribution in [3.8, 4) is 40.1 Å². The number of H-pyrrole nitrogens is 1. The number of nitrogens with one attached hydrogen (secondary N) is 1. The van der Waals surface area contributed by atoms with Crippen LogP contribution >= 0.6 is 0 Å². The van der Waals surface area contributed by atoms with Crippen LogP contribution in [-0.4, -0.2) is 123 Å². The van der Waals surface area contributed by atoms with E-state index < -0.39 is 55.7 Å². The normalized spacial score (nSPS) is 12.6. The molecule has 0 fully saturated rings. The molecule has 0 bridgehead atoms. The largest absolute Gasteiger partial charge is 0.506 e. The molecule has 0 atom stereocenters. The summed E-state index contributed by atoms with van der Waals surface area (Å²) in [6, 6.07) is 42.4. The van der Waals surface area contributed by atoms with E-state index in [4.69, 9.17) is 18.9 Å². The van der Waals surface area contributed by atoms with E-state index in [2.05, 4.69) is 60.5 Å². The smallest absolute Gasteiger partial charge is 0.338 e. The molecule has 0 unspecified atom stereocenters. The third-order valence-electron chi connectivity index (χ3n) is 17.9. The number of phenolic OH excluding ortho intramolecular Hbond substituents is 4. The van der Waals surface area contributed by atoms with E-state index in [-0.39, 0.29) is 45.3 Å². The zero-order valence-electron chi connectivity index (χ0n) is 54.9. The molecule has 7 aromatic heterocycles. The van der Waals surface area contributed by atoms with Gasteiger partial charge in [-0.2, -0.15) is 5.43 Å². The van der Waals surface area contributed by atoms with Crippen LogP contribution in [0.3, 0.4) is 0 Å². The number of benzene rings is 8. The van der Waals surface area contributed by atoms with Gasteiger partial charge in [-0.25, -0.2) is 19.2 Å². The number of hydrogen-bond donors (Lipinski definition) is 6. The fourth-order valence-corrected chi connectivity index (χ4v) is 13.1. The van der Waals surface area contributed by atoms with Gasteiger partial charge in [-0.3, -0.25) is 5.10 Å². The minimum Gasteiger partial charge on any atom is -0.506 e. The Balaban J connectivity index is 0.730. The summed E-state index contributed by atoms with van der Waals surface area (Å²) in [5.74, 6) is -1.10. The molecule has 24 heteroatoms. The van der Waals surface area contributed by atoms with E-state index in [0.717, 1.165) is 70.0 Å². The maximum absolute atomic E-state index is 14.5. The van der Waals surface area contributed by atoms with E-state index in [1.54, 1.807) is 136 Å². The Hall–Kier alpha value is -11.4. The van der Waals surface area contributed by atoms with Crippen molar-refractivity contribution in [3.05, 3.63) is 190 Å². The molecule has 0 aliphatic heterocycles. The highest BCUT2D eigenvalue weighted by Gasteiger charge is 2.40. The molecule has 24 nitrogen and oxygen atoms in total. The average molecular weight is 1310 g/mol. The molecule has 0 spiro atoms. The lowest BCUT2D eigenvalue weighted by Gasteiger charge is -2.31. The van der Waals surface area contributed by atoms with Crippen LogP contribution in [0.15, 0.2) is 146 Å². The van der Waals surface area contributed by atoms with Crippen molar-refractivity contribution >= 4 is 73.7 Å². The number of aromatic amines is 1. The maximum Gasteiger partial charge on any atom is 0.338 e. The van der Waals surface area contributed by atoms with E-state index in [1.807, 2.05) is 62.4 Å². The molecule has 0 aliphatic carbocycles. The van der Waals surface area contributed by atoms with Crippen LogP contribution in [-0.2, 0) is 44.6 Å². The SMILES string of the molecule is CC(C)Cc1ccc([NH2+]n2[nH]c3cc(C(=O)OCC(COC(=O)c4ccc5c(c4)n4n(-c6ccc(CC(C)C)cc6O)n54)(COC(=O)c4ccc5c(c4)n4n(-c6ccc(CC(C)C)cc6O)n54)COC(=O)c4ccc5c(c4)n4n(-c6ccc(CC(C)C)cc6O)n54)ccc32)c(O)c1. The first kappa shape index (κ1) is 61.8. The van der Waals surface area contributed by atoms with Crippen molar-refractivity contribution in [2.75, 3.05) is 26.4 Å². The first-order valence-corrected chi connectivity index (χ1v) is 32.7. The molecule has 15 rings (SSSR count). The summed E-state index contributed by atoms with van der Waals surface area (Å²) in [7, 11) is 0. The number of quaternary nitrogens is 1. The van der Waals surface area contributed by atoms with E-state index >= 15 is 0 Å². The average Bonchev–Trinajstić information content (AvgIpc) is 1.53. The summed E-state index contributed by atoms with van der Waals surface area (Å²) in [6.45, 7) is 14.5. The fraction of sp³-hybridized carbons (Fsp3) is 0.288. The van der Waals surface area contributed by atoms with Crippen molar-refractivity contribution in [1.82, 2.24) is 52.1 Å². The van der Waals surface area contributed by atoms with Crippen molar-refractivity contribution in [1.29, 1.82) is 0 Å². The van der Waals surface area contributed by atoms with Crippen LogP contribution < -0.4 is 5.43 Å². The van der Waals surface area contributed by atoms with Crippen LogP contribution in [0.4, 0.5) is 5.69 Å². The van der Waals surface area contributed by atoms with Crippen molar-refractivity contribution in [2.24, 2.45) is 29.1 Å². The first-order valence-electron chi connectivity index (χ1n) is 32.7. The van der Waals surface area contributed by atoms with Gasteiger partial charge in [-0.15, -0.1) is 47.0 Å². The van der Waals surface area contributed by atoms with Gasteiger partial charge in [0.25, 0.3) is 0 Å². The number of hydrogen-bond acceptors (Lipinski definition) is 12. The number of carbonyl (C=O) groups excluding carboxylic acids is 4. The second-order valence-electron chi connectivity index (χ2n) is 27.6. The quantitative estimate of drug-likeness (QED) is 0.0103. The molecule has 8 aromatic carbocycles. The summed E-state index contributed by atoms with van der Waals surface area (Å²) < 4.78 is 35.6. The van der Waals surface area contributed by atoms with Gasteiger partial charge in [-0.05, 0) is 187 Å². The highest BCUT2D eigenvalue weighted by molar-refractivity contribution is 5.97. The number of nitrogens with two attached hydrogens (primary N) is 1. The summed E-state index contributed by atoms with van der Waals surface area (Å²) in [5, 5.41) is 47.5. The molecule has 0 radical (unpaired) electrons. The highest BCUT2D eigenvalue weighted by Crippen LogP contribution is 2.37. The number of aromatic nitrogens is 11. The molecule has 7 heterocycles. The molecule has 0 aliphatic rings. The van der Waals surface area contributed by atoms with E-state index in [1.165, 1.54) is 0 Å². The minimum absolute atomic E-state index is 0.106. The molecule has 0 amide bonds. The lowest BCUT2D eigenvalue weighted by atomic mass is 9.92. The lowest BCUT2D eigenvalue weighted by molar-refractivity contribution is -0.640. The van der Waals surface area contributed by atoms with Gasteiger partial charge in [0.1, 0.15) is 105 Å². The molecular formula is C73H75N12O12+. The van der Waals surface area contributed by atoms with Gasteiger partial charge < -0.3 is 39.4 Å². The molecular weight excluding hydrogens is 1240 g/mol. The number of aromatic hydroxyl groups is 4. The minimum atomic E-state index is -1.76. The zero-order chi connectivity index (χ0) is 67.6. The van der Waals surface area contributed by atoms with Crippen LogP contribution in [0, 0.1) is 29.1 Å². The van der Waals surface area contributed by atoms with Gasteiger partial charge in [-0.1, -0.05) is 79.7 Å². The van der Waals surface area contributed by atoms with Gasteiger partial charge in [0, 0.05) is 6.07 Å². The number of phenols is 4. The summed E-state index contributed by atoms with van der Waals surface area (Å²) in [6.07, 6.45) is 3.23. The van der Waals surface area contributed by atoms with Crippen molar-refractivity contribution < 1.29 is 64.0 Å². The number of ether oxygens (including phenoxy) is 4. The van der Waals surface area contributed by atoms with Crippen LogP contribution in [0.1, 0.15) is 119 Å². The monoisotopic (exact) mass is 1310 g/mol. The van der Waals surface area contributed by atoms with Crippen LogP contribution in [0.25, 0.3) is 61.2 Å². The molecule has 7 N–H and O–H groups in total. The fourth-order valence-electron chi connectivity index (χ4n) is 13.1. The predicted molar refractivity (Wildman–Crippen MR) is 361 cm³/mol. The lowest BCUT2D eigenvalue weighted by Crippen LogP contribution is -2.83. The number of fused-ring (bicyclic) bond motifs is 13. The third-order valence-corrected chi connectivity index (χ3v) is 17.9. The summed E-state index contributed by atoms with van der Waals surface area (Å²) >= 11 is 0. The summed E-state index contributed by atoms with van der Waals surface area (Å²) in [4.78, 5) is 65.1. The Labute approximate surface area is 554 Å². The molecule has 498 valence electrons. The Morgan fingerprint density at radius 1 is 0.371 bits per heavy atom. The summed E-state index contributed by atoms with van der Waals surface area (Å²) in [5.41, 5.74) is 12.5. The first-order chi connectivity index (χ1) is 46.6. The molecule has 0 saturated carbocycles. The zero-order valence-corrected chi connectivity index (χ0v) is 54.9. The van der Waals surface area contributed by atoms with E-state index in [9.17, 15) is 39.6 Å². The van der Waals surface area contributed by atoms with Crippen molar-refractivity contribution in [2.45, 2.75) is 81.1 Å². The topological polar surface area (TPSA) is 265 Å². The number of rotatable bonds is 25. The maximum atomic E-state index is 14.5. The Morgan fingerprint density at radius 2 is 0.670 bits per heavy atom. The van der Waals surface area contributed by atoms with Crippen LogP contribution in [0.2, 0.25) is 0 Å². The standard InChI is InChI=1S/C73H74N12O12/c1-41(2)25-45-9-17-53(65(86)29-45)74-76-55-21-13-49(33-54(55)75-76)69(90)94-37-73(38-95-70(91)50-14-22-56-62(34-50)83-77(56)80(83)59-18-10-46(26-42(3)4)30-66(59)87,39-96-71(92)51-15-23-57-63(35-51)84-78(57)81(84)60-19-11-47(27-43(5)6)31-67(60)88)40-97-72(93)52-16-24-58-64(36-52)85-79(58)82(85)61-20-12-48(28-44(7)8)32-68(61)89/h9-24,29-36,41-44,74-75,86-89H,25-28,37-40H2,1-8H3/p+1. The molecule has 15 aromatic rings. The van der Waals surface area contributed by atoms with Gasteiger partial charge in [0.15, 0.2) is 11.4 Å². The number of esters is 4. The van der Waals surface area contributed by atoms with Gasteiger partial charge in [0.05, 0.1) is 27.8 Å². The molecule has 97 heavy (non-hydrogen) atoms. The molecule has 0 saturated heterocycles. The third kappa shape index (κ3) is 11.2. The Kier molecular flexibility index (Phi) is 15.0. The Bertz CT molecular complexity index is 5060. The van der Waals surface area contributed by atoms with E-state index in [0.29, 0.717) is 68.5 Å². The second kappa shape index (κ2) is 23.5. The highest BCUT2D eigenvalue weighted by atomic mass is 16.6. The van der Waals surface area contributed by atoms with Gasteiger partial charge in [0.2, 0.25) is 0 Å². The second-order valence-corrected chi connectivity index (χ2v) is 27.6. The number of nitrogens with zero attached hydrogens (tertiary/aromatic N) is 10. The van der Waals surface area contributed by atoms with Gasteiger partial charge >= 0.3 is 23.9 Å². The number of carbonyl (C=O) groups is 4. The predicted octanol–water partition coefficient (Wildman–Crippen LogP) is 11.2. The van der Waals surface area contributed by atoms with Crippen molar-refractivity contribution in [3.63, 3.8) is 0 Å².